The van der Waals surface area contributed by atoms with E-state index in [0.717, 1.165) is 16.5 Å². The summed E-state index contributed by atoms with van der Waals surface area (Å²) in [5, 5.41) is 26.3. The van der Waals surface area contributed by atoms with Crippen LogP contribution in [-0.2, 0) is 50.6 Å². The van der Waals surface area contributed by atoms with Gasteiger partial charge in [0.05, 0.1) is 38.7 Å². The van der Waals surface area contributed by atoms with Crippen molar-refractivity contribution in [2.24, 2.45) is 11.3 Å². The van der Waals surface area contributed by atoms with Crippen molar-refractivity contribution < 1.29 is 48.3 Å². The van der Waals surface area contributed by atoms with E-state index in [0.29, 0.717) is 99.5 Å². The molecular weight excluding hydrogens is 769 g/mol. The van der Waals surface area contributed by atoms with Crippen LogP contribution in [0.15, 0.2) is 48.6 Å². The zero-order valence-corrected chi connectivity index (χ0v) is 35.3. The van der Waals surface area contributed by atoms with Gasteiger partial charge in [-0.15, -0.1) is 0 Å². The molecule has 1 amide bonds. The van der Waals surface area contributed by atoms with Crippen molar-refractivity contribution in [3.05, 3.63) is 70.9 Å². The van der Waals surface area contributed by atoms with E-state index in [4.69, 9.17) is 18.9 Å². The summed E-state index contributed by atoms with van der Waals surface area (Å²) in [6.45, 7) is 8.16. The lowest BCUT2D eigenvalue weighted by atomic mass is 9.47. The summed E-state index contributed by atoms with van der Waals surface area (Å²) >= 11 is 0. The average Bonchev–Trinajstić information content (AvgIpc) is 3.92. The summed E-state index contributed by atoms with van der Waals surface area (Å²) < 4.78 is 23.7. The summed E-state index contributed by atoms with van der Waals surface area (Å²) in [5.74, 6) is -2.06. The summed E-state index contributed by atoms with van der Waals surface area (Å²) in [6, 6.07) is 9.97. The average molecular weight is 825 g/mol. The Hall–Kier alpha value is -4.76. The molecule has 5 aliphatic heterocycles. The fourth-order valence-electron chi connectivity index (χ4n) is 13.4. The normalized spacial score (nSPS) is 36.5. The zero-order valence-electron chi connectivity index (χ0n) is 35.3. The summed E-state index contributed by atoms with van der Waals surface area (Å²) in [7, 11) is 4.09. The minimum atomic E-state index is -2.53. The van der Waals surface area contributed by atoms with Crippen molar-refractivity contribution in [3.63, 3.8) is 0 Å². The van der Waals surface area contributed by atoms with E-state index in [2.05, 4.69) is 20.9 Å². The number of nitrogens with zero attached hydrogens (tertiary/aromatic N) is 3. The highest BCUT2D eigenvalue weighted by Crippen LogP contribution is 2.68. The molecule has 1 spiro atoms. The number of carbonyl (C=O) groups is 4. The van der Waals surface area contributed by atoms with Gasteiger partial charge in [0.1, 0.15) is 11.2 Å². The van der Waals surface area contributed by atoms with Crippen molar-refractivity contribution in [1.82, 2.24) is 14.8 Å². The third kappa shape index (κ3) is 5.19. The van der Waals surface area contributed by atoms with E-state index in [9.17, 15) is 24.6 Å². The maximum atomic E-state index is 15.3. The molecule has 14 nitrogen and oxygen atoms in total. The van der Waals surface area contributed by atoms with Crippen LogP contribution in [0.1, 0.15) is 75.3 Å². The van der Waals surface area contributed by atoms with Crippen LogP contribution < -0.4 is 9.64 Å². The molecule has 320 valence electrons. The number of esters is 3. The highest BCUT2D eigenvalue weighted by Gasteiger charge is 2.81. The van der Waals surface area contributed by atoms with E-state index >= 15 is 4.79 Å². The maximum Gasteiger partial charge on any atom is 0.344 e. The van der Waals surface area contributed by atoms with E-state index < -0.39 is 63.5 Å². The molecule has 1 aliphatic carbocycles. The topological polar surface area (TPSA) is 171 Å². The molecule has 1 saturated carbocycles. The first-order valence-corrected chi connectivity index (χ1v) is 21.3. The van der Waals surface area contributed by atoms with E-state index in [1.807, 2.05) is 50.3 Å². The number of H-pyrrole nitrogens is 1. The van der Waals surface area contributed by atoms with E-state index in [1.165, 1.54) is 33.2 Å². The van der Waals surface area contributed by atoms with Gasteiger partial charge in [0.25, 0.3) is 0 Å². The van der Waals surface area contributed by atoms with Crippen molar-refractivity contribution in [3.8, 4) is 5.75 Å². The fraction of sp³-hybridized carbons (Fsp3) is 0.565. The van der Waals surface area contributed by atoms with Crippen LogP contribution in [0.25, 0.3) is 10.9 Å². The Balaban J connectivity index is 1.38. The van der Waals surface area contributed by atoms with Crippen LogP contribution in [0.5, 0.6) is 5.75 Å². The molecule has 0 radical (unpaired) electrons. The van der Waals surface area contributed by atoms with Gasteiger partial charge in [-0.05, 0) is 74.2 Å². The number of para-hydroxylation sites is 1. The van der Waals surface area contributed by atoms with Crippen LogP contribution in [0.3, 0.4) is 0 Å². The van der Waals surface area contributed by atoms with Crippen LogP contribution in [0.2, 0.25) is 0 Å². The number of aromatic amines is 1. The van der Waals surface area contributed by atoms with Crippen LogP contribution in [-0.4, -0.2) is 133 Å². The quantitative estimate of drug-likeness (QED) is 0.131. The Kier molecular flexibility index (Phi) is 9.58. The van der Waals surface area contributed by atoms with Gasteiger partial charge in [-0.2, -0.15) is 0 Å². The molecule has 14 heteroatoms. The van der Waals surface area contributed by atoms with Crippen molar-refractivity contribution in [2.75, 3.05) is 59.0 Å². The third-order valence-corrected chi connectivity index (χ3v) is 15.5. The number of aliphatic hydroxyl groups is 2. The number of aromatic nitrogens is 1. The second-order valence-corrected chi connectivity index (χ2v) is 18.1. The van der Waals surface area contributed by atoms with Gasteiger partial charge in [0.2, 0.25) is 12.0 Å². The second-order valence-electron chi connectivity index (χ2n) is 18.1. The number of hydrogen-bond acceptors (Lipinski definition) is 12. The molecule has 9 rings (SSSR count). The monoisotopic (exact) mass is 824 g/mol. The fourth-order valence-corrected chi connectivity index (χ4v) is 13.4. The zero-order chi connectivity index (χ0) is 42.6. The number of carbonyl (C=O) groups excluding carboxylic acids is 4. The predicted octanol–water partition coefficient (Wildman–Crippen LogP) is 3.52. The minimum absolute atomic E-state index is 0.155. The number of hydrogen-bond donors (Lipinski definition) is 3. The largest absolute Gasteiger partial charge is 0.496 e. The number of anilines is 1. The lowest BCUT2D eigenvalue weighted by Crippen LogP contribution is -2.81. The van der Waals surface area contributed by atoms with Gasteiger partial charge in [-0.25, -0.2) is 4.79 Å². The second kappa shape index (κ2) is 14.1. The molecule has 6 aliphatic rings. The number of nitrogens with one attached hydrogen (secondary N) is 1. The van der Waals surface area contributed by atoms with Gasteiger partial charge in [0.15, 0.2) is 6.10 Å². The maximum absolute atomic E-state index is 15.3. The van der Waals surface area contributed by atoms with Crippen LogP contribution >= 0.6 is 0 Å². The van der Waals surface area contributed by atoms with Gasteiger partial charge < -0.3 is 39.0 Å². The Labute approximate surface area is 349 Å². The van der Waals surface area contributed by atoms with Gasteiger partial charge in [-0.1, -0.05) is 44.2 Å². The Bertz CT molecular complexity index is 2310. The number of methoxy groups -OCH3 is 3. The van der Waals surface area contributed by atoms with Crippen LogP contribution in [0, 0.1) is 11.3 Å². The first kappa shape index (κ1) is 40.6. The number of fused-ring (bicyclic) bond motifs is 6. The predicted molar refractivity (Wildman–Crippen MR) is 221 cm³/mol. The summed E-state index contributed by atoms with van der Waals surface area (Å²) in [5.41, 5.74) is -3.15. The first-order chi connectivity index (χ1) is 28.8. The molecular formula is C46H56N4O10. The van der Waals surface area contributed by atoms with Crippen molar-refractivity contribution in [2.45, 2.75) is 99.5 Å². The number of piperidine rings is 1. The number of amides is 1. The standard InChI is InChI=1S/C46H56N4O10/c1-7-42(55)22-28-23-45(40(53)58-5,36-30(14-18-48(24-28)25-42)29-12-9-10-13-33(29)47-36)32-20-31-34(21-35(32)57-4)50(26-51)38-44(31)16-19-49-17-11-15-43(8-2,37(44)49)39(60-27(3)52)46(38,56)41(54)59-6/h9-13,15,20-21,26,28,37-39,47,55-56H,7-8,14,16-19,22-25H2,1-6H3/t28-,37+,38+,39+,42-,43+,44+,45-,46-/m1/s1. The molecule has 10 atom stereocenters. The molecule has 3 aromatic rings. The molecule has 2 saturated heterocycles. The molecule has 2 bridgehead atoms. The molecule has 1 aromatic heterocycles. The number of benzene rings is 2. The Morgan fingerprint density at radius 2 is 1.73 bits per heavy atom. The Morgan fingerprint density at radius 3 is 2.42 bits per heavy atom. The summed E-state index contributed by atoms with van der Waals surface area (Å²) in [6.07, 6.45) is 5.83. The van der Waals surface area contributed by atoms with Crippen LogP contribution in [0.4, 0.5) is 5.69 Å². The Morgan fingerprint density at radius 1 is 0.967 bits per heavy atom. The first-order valence-electron chi connectivity index (χ1n) is 21.3. The van der Waals surface area contributed by atoms with E-state index in [-0.39, 0.29) is 12.3 Å². The van der Waals surface area contributed by atoms with Crippen molar-refractivity contribution >= 4 is 40.9 Å². The van der Waals surface area contributed by atoms with Crippen molar-refractivity contribution in [1.29, 1.82) is 0 Å². The third-order valence-electron chi connectivity index (χ3n) is 15.5. The highest BCUT2D eigenvalue weighted by molar-refractivity contribution is 5.96. The molecule has 60 heavy (non-hydrogen) atoms. The van der Waals surface area contributed by atoms with Gasteiger partial charge in [0, 0.05) is 78.2 Å². The molecule has 3 N–H and O–H groups in total. The highest BCUT2D eigenvalue weighted by atomic mass is 16.6. The molecule has 3 fully saturated rings. The number of rotatable bonds is 8. The van der Waals surface area contributed by atoms with Gasteiger partial charge >= 0.3 is 17.9 Å². The molecule has 2 aromatic carbocycles. The minimum Gasteiger partial charge on any atom is -0.496 e. The lowest BCUT2D eigenvalue weighted by Gasteiger charge is -2.63. The SMILES string of the molecule is CC[C@@]1(O)C[C@H]2CN(CCc3c([nH]c4ccccc34)[C@](C(=O)OC)(c3cc4c(cc3OC)N(C=O)[C@@H]3[C@](O)(C(=O)OC)[C@@H](OC(C)=O)[C@@]5(CC)C=CCN6CC[C@@]43[C@@H]65)C2)C1. The lowest BCUT2D eigenvalue weighted by molar-refractivity contribution is -0.228. The summed E-state index contributed by atoms with van der Waals surface area (Å²) in [4.78, 5) is 66.1. The van der Waals surface area contributed by atoms with E-state index in [1.54, 1.807) is 6.07 Å². The molecule has 6 heterocycles. The molecule has 1 unspecified atom stereocenters. The number of ether oxygens (including phenoxy) is 4. The van der Waals surface area contributed by atoms with Gasteiger partial charge in [-0.3, -0.25) is 24.2 Å². The smallest absolute Gasteiger partial charge is 0.344 e.